The van der Waals surface area contributed by atoms with Crippen LogP contribution in [-0.4, -0.2) is 25.0 Å². The molecule has 0 spiro atoms. The van der Waals surface area contributed by atoms with Crippen molar-refractivity contribution in [2.75, 3.05) is 13.1 Å². The third kappa shape index (κ3) is 6.13. The van der Waals surface area contributed by atoms with E-state index in [1.807, 2.05) is 0 Å². The minimum Gasteiger partial charge on any atom is -0.355 e. The lowest BCUT2D eigenvalue weighted by Crippen LogP contribution is -2.46. The molecule has 19 heavy (non-hydrogen) atoms. The van der Waals surface area contributed by atoms with Crippen LogP contribution in [0.1, 0.15) is 64.2 Å². The van der Waals surface area contributed by atoms with Gasteiger partial charge in [0.05, 0.1) is 6.04 Å². The molecule has 0 aromatic heterocycles. The second-order valence-electron chi connectivity index (χ2n) is 5.94. The van der Waals surface area contributed by atoms with Gasteiger partial charge in [0.1, 0.15) is 0 Å². The van der Waals surface area contributed by atoms with Gasteiger partial charge < -0.3 is 10.6 Å². The molecule has 2 aliphatic rings. The molecule has 2 rings (SSSR count). The smallest absolute Gasteiger partial charge is 0.237 e. The van der Waals surface area contributed by atoms with E-state index in [-0.39, 0.29) is 24.4 Å². The summed E-state index contributed by atoms with van der Waals surface area (Å²) in [5.41, 5.74) is 0. The van der Waals surface area contributed by atoms with Crippen molar-refractivity contribution < 1.29 is 4.79 Å². The van der Waals surface area contributed by atoms with Gasteiger partial charge in [0.2, 0.25) is 5.91 Å². The molecule has 0 radical (unpaired) electrons. The Hall–Kier alpha value is -0.280. The third-order valence-corrected chi connectivity index (χ3v) is 4.44. The van der Waals surface area contributed by atoms with E-state index in [4.69, 9.17) is 0 Å². The molecule has 0 bridgehead atoms. The fourth-order valence-corrected chi connectivity index (χ4v) is 3.27. The highest BCUT2D eigenvalue weighted by Gasteiger charge is 2.19. The second-order valence-corrected chi connectivity index (χ2v) is 5.94. The van der Waals surface area contributed by atoms with Crippen molar-refractivity contribution >= 4 is 18.3 Å². The van der Waals surface area contributed by atoms with Gasteiger partial charge in [0.25, 0.3) is 0 Å². The van der Waals surface area contributed by atoms with Crippen LogP contribution in [-0.2, 0) is 4.79 Å². The summed E-state index contributed by atoms with van der Waals surface area (Å²) in [5, 5.41) is 6.37. The zero-order valence-electron chi connectivity index (χ0n) is 12.0. The van der Waals surface area contributed by atoms with Gasteiger partial charge >= 0.3 is 0 Å². The lowest BCUT2D eigenvalue weighted by atomic mass is 10.0. The molecule has 1 amide bonds. The summed E-state index contributed by atoms with van der Waals surface area (Å²) in [4.78, 5) is 11.8. The summed E-state index contributed by atoms with van der Waals surface area (Å²) in [6, 6.07) is 0.0774. The minimum atomic E-state index is 0. The number of amides is 1. The van der Waals surface area contributed by atoms with Gasteiger partial charge in [-0.05, 0) is 31.7 Å². The normalized spacial score (nSPS) is 23.9. The average molecular weight is 289 g/mol. The summed E-state index contributed by atoms with van der Waals surface area (Å²) < 4.78 is 0. The van der Waals surface area contributed by atoms with E-state index < -0.39 is 0 Å². The predicted octanol–water partition coefficient (Wildman–Crippen LogP) is 3.03. The average Bonchev–Trinajstić information content (AvgIpc) is 2.92. The topological polar surface area (TPSA) is 41.1 Å². The molecule has 0 aromatic carbocycles. The van der Waals surface area contributed by atoms with Crippen molar-refractivity contribution in [1.82, 2.24) is 10.6 Å². The highest BCUT2D eigenvalue weighted by atomic mass is 35.5. The predicted molar refractivity (Wildman–Crippen MR) is 81.7 cm³/mol. The standard InChI is InChI=1S/C15H28N2O.ClH/c18-15(14-10-4-6-11-16-14)17-12-5-3-9-13-7-1-2-8-13;/h13-14,16H,1-12H2,(H,17,18);1H. The Balaban J connectivity index is 0.00000180. The Bertz CT molecular complexity index is 249. The fourth-order valence-electron chi connectivity index (χ4n) is 3.27. The van der Waals surface area contributed by atoms with Crippen LogP contribution in [0, 0.1) is 5.92 Å². The Morgan fingerprint density at radius 1 is 1.05 bits per heavy atom. The van der Waals surface area contributed by atoms with E-state index in [2.05, 4.69) is 10.6 Å². The van der Waals surface area contributed by atoms with Gasteiger partial charge in [-0.1, -0.05) is 44.9 Å². The number of halogens is 1. The first-order chi connectivity index (χ1) is 8.86. The van der Waals surface area contributed by atoms with Crippen LogP contribution in [0.5, 0.6) is 0 Å². The summed E-state index contributed by atoms with van der Waals surface area (Å²) >= 11 is 0. The summed E-state index contributed by atoms with van der Waals surface area (Å²) in [6.45, 7) is 1.86. The number of unbranched alkanes of at least 4 members (excludes halogenated alkanes) is 1. The molecule has 3 nitrogen and oxygen atoms in total. The lowest BCUT2D eigenvalue weighted by molar-refractivity contribution is -0.123. The molecule has 1 unspecified atom stereocenters. The van der Waals surface area contributed by atoms with E-state index in [0.717, 1.165) is 31.8 Å². The van der Waals surface area contributed by atoms with Crippen LogP contribution in [0.25, 0.3) is 0 Å². The van der Waals surface area contributed by atoms with E-state index in [9.17, 15) is 4.79 Å². The highest BCUT2D eigenvalue weighted by Crippen LogP contribution is 2.28. The van der Waals surface area contributed by atoms with Crippen molar-refractivity contribution in [2.45, 2.75) is 70.3 Å². The first kappa shape index (κ1) is 16.8. The van der Waals surface area contributed by atoms with Crippen LogP contribution >= 0.6 is 12.4 Å². The summed E-state index contributed by atoms with van der Waals surface area (Å²) in [6.07, 6.45) is 13.0. The van der Waals surface area contributed by atoms with Crippen molar-refractivity contribution in [1.29, 1.82) is 0 Å². The van der Waals surface area contributed by atoms with Gasteiger partial charge in [0, 0.05) is 6.54 Å². The van der Waals surface area contributed by atoms with E-state index >= 15 is 0 Å². The molecule has 112 valence electrons. The Morgan fingerprint density at radius 3 is 2.47 bits per heavy atom. The number of piperidine rings is 1. The molecule has 2 N–H and O–H groups in total. The van der Waals surface area contributed by atoms with Crippen LogP contribution < -0.4 is 10.6 Å². The SMILES string of the molecule is Cl.O=C(NCCCCC1CCCC1)C1CCCCN1. The molecular formula is C15H29ClN2O. The largest absolute Gasteiger partial charge is 0.355 e. The van der Waals surface area contributed by atoms with Crippen molar-refractivity contribution in [3.05, 3.63) is 0 Å². The van der Waals surface area contributed by atoms with Crippen LogP contribution in [0.3, 0.4) is 0 Å². The van der Waals surface area contributed by atoms with Gasteiger partial charge in [-0.25, -0.2) is 0 Å². The van der Waals surface area contributed by atoms with Crippen LogP contribution in [0.2, 0.25) is 0 Å². The molecule has 1 heterocycles. The molecule has 1 saturated carbocycles. The third-order valence-electron chi connectivity index (χ3n) is 4.44. The van der Waals surface area contributed by atoms with Gasteiger partial charge in [-0.15, -0.1) is 12.4 Å². The Kier molecular flexibility index (Phi) is 8.47. The molecule has 0 aromatic rings. The number of carbonyl (C=O) groups is 1. The Morgan fingerprint density at radius 2 is 1.79 bits per heavy atom. The number of hydrogen-bond acceptors (Lipinski definition) is 2. The van der Waals surface area contributed by atoms with Crippen molar-refractivity contribution in [2.24, 2.45) is 5.92 Å². The molecular weight excluding hydrogens is 260 g/mol. The van der Waals surface area contributed by atoms with Crippen molar-refractivity contribution in [3.8, 4) is 0 Å². The maximum atomic E-state index is 11.8. The molecule has 1 saturated heterocycles. The monoisotopic (exact) mass is 288 g/mol. The molecule has 1 aliphatic carbocycles. The zero-order chi connectivity index (χ0) is 12.6. The number of carbonyl (C=O) groups excluding carboxylic acids is 1. The van der Waals surface area contributed by atoms with Gasteiger partial charge in [0.15, 0.2) is 0 Å². The number of rotatable bonds is 6. The quantitative estimate of drug-likeness (QED) is 0.738. The maximum absolute atomic E-state index is 11.8. The van der Waals surface area contributed by atoms with Crippen LogP contribution in [0.4, 0.5) is 0 Å². The second kappa shape index (κ2) is 9.60. The fraction of sp³-hybridized carbons (Fsp3) is 0.933. The first-order valence-corrected chi connectivity index (χ1v) is 7.87. The first-order valence-electron chi connectivity index (χ1n) is 7.87. The molecule has 1 aliphatic heterocycles. The Labute approximate surface area is 123 Å². The lowest BCUT2D eigenvalue weighted by Gasteiger charge is -2.22. The maximum Gasteiger partial charge on any atom is 0.237 e. The minimum absolute atomic E-state index is 0. The molecule has 2 fully saturated rings. The van der Waals surface area contributed by atoms with Gasteiger partial charge in [-0.3, -0.25) is 4.79 Å². The van der Waals surface area contributed by atoms with E-state index in [1.165, 1.54) is 51.4 Å². The van der Waals surface area contributed by atoms with Crippen LogP contribution in [0.15, 0.2) is 0 Å². The van der Waals surface area contributed by atoms with E-state index in [1.54, 1.807) is 0 Å². The zero-order valence-corrected chi connectivity index (χ0v) is 12.8. The highest BCUT2D eigenvalue weighted by molar-refractivity contribution is 5.85. The molecule has 4 heteroatoms. The number of hydrogen-bond donors (Lipinski definition) is 2. The van der Waals surface area contributed by atoms with E-state index in [0.29, 0.717) is 0 Å². The number of nitrogens with one attached hydrogen (secondary N) is 2. The summed E-state index contributed by atoms with van der Waals surface area (Å²) in [7, 11) is 0. The van der Waals surface area contributed by atoms with Crippen molar-refractivity contribution in [3.63, 3.8) is 0 Å². The van der Waals surface area contributed by atoms with Gasteiger partial charge in [-0.2, -0.15) is 0 Å². The molecule has 1 atom stereocenters. The summed E-state index contributed by atoms with van der Waals surface area (Å²) in [5.74, 6) is 1.20.